The number of nitrogens with two attached hydrogens (primary N) is 1. The molecule has 1 aliphatic carbocycles. The Morgan fingerprint density at radius 1 is 1.26 bits per heavy atom. The summed E-state index contributed by atoms with van der Waals surface area (Å²) in [5.41, 5.74) is 6.19. The highest BCUT2D eigenvalue weighted by Crippen LogP contribution is 2.46. The third-order valence-corrected chi connectivity index (χ3v) is 6.65. The molecule has 2 aromatic carbocycles. The van der Waals surface area contributed by atoms with Crippen LogP contribution in [-0.4, -0.2) is 26.5 Å². The first-order chi connectivity index (χ1) is 16.2. The molecule has 2 amide bonds. The van der Waals surface area contributed by atoms with Gasteiger partial charge in [0, 0.05) is 23.6 Å². The molecule has 1 fully saturated rings. The van der Waals surface area contributed by atoms with Gasteiger partial charge in [0.15, 0.2) is 0 Å². The summed E-state index contributed by atoms with van der Waals surface area (Å²) in [6.45, 7) is 3.33. The van der Waals surface area contributed by atoms with Crippen LogP contribution in [0, 0.1) is 18.2 Å². The van der Waals surface area contributed by atoms with Gasteiger partial charge in [-0.3, -0.25) is 9.59 Å². The lowest BCUT2D eigenvalue weighted by molar-refractivity contribution is -0.135. The fourth-order valence-corrected chi connectivity index (χ4v) is 4.52. The third-order valence-electron chi connectivity index (χ3n) is 6.26. The summed E-state index contributed by atoms with van der Waals surface area (Å²) >= 11 is 6.69. The molecule has 0 radical (unpaired) electrons. The van der Waals surface area contributed by atoms with E-state index in [0.717, 1.165) is 10.9 Å². The highest BCUT2D eigenvalue weighted by Gasteiger charge is 2.55. The van der Waals surface area contributed by atoms with Crippen LogP contribution in [0.2, 0.25) is 5.02 Å². The molecule has 1 aliphatic rings. The summed E-state index contributed by atoms with van der Waals surface area (Å²) in [5, 5.41) is 7.89. The maximum absolute atomic E-state index is 15.3. The maximum Gasteiger partial charge on any atom is 0.236 e. The number of fused-ring (bicyclic) bond motifs is 1. The topological polar surface area (TPSA) is 116 Å². The molecule has 0 aliphatic heterocycles. The first-order valence-corrected chi connectivity index (χ1v) is 11.1. The van der Waals surface area contributed by atoms with E-state index in [4.69, 9.17) is 21.9 Å². The molecule has 2 heterocycles. The number of primary amides is 1. The molecule has 1 saturated carbocycles. The Bertz CT molecular complexity index is 1460. The minimum Gasteiger partial charge on any atom is -0.369 e. The zero-order valence-corrected chi connectivity index (χ0v) is 19.2. The average molecular weight is 482 g/mol. The van der Waals surface area contributed by atoms with Gasteiger partial charge in [0.05, 0.1) is 16.6 Å². The van der Waals surface area contributed by atoms with Crippen LogP contribution in [0.15, 0.2) is 47.0 Å². The molecule has 0 unspecified atom stereocenters. The molecular weight excluding hydrogens is 461 g/mol. The molecule has 0 bridgehead atoms. The zero-order valence-electron chi connectivity index (χ0n) is 18.4. The Morgan fingerprint density at radius 2 is 2.00 bits per heavy atom. The van der Waals surface area contributed by atoms with E-state index in [9.17, 15) is 9.59 Å². The van der Waals surface area contributed by atoms with Crippen LogP contribution in [0.5, 0.6) is 0 Å². The Kier molecular flexibility index (Phi) is 5.16. The van der Waals surface area contributed by atoms with Gasteiger partial charge < -0.3 is 20.1 Å². The van der Waals surface area contributed by atoms with Crippen molar-refractivity contribution < 1.29 is 18.5 Å². The Morgan fingerprint density at radius 3 is 2.62 bits per heavy atom. The Labute approximate surface area is 198 Å². The van der Waals surface area contributed by atoms with Gasteiger partial charge in [-0.2, -0.15) is 4.98 Å². The van der Waals surface area contributed by atoms with E-state index < -0.39 is 29.1 Å². The normalized spacial score (nSPS) is 15.3. The van der Waals surface area contributed by atoms with Crippen LogP contribution < -0.4 is 11.1 Å². The molecule has 3 N–H and O–H groups in total. The molecule has 4 aromatic rings. The van der Waals surface area contributed by atoms with Crippen LogP contribution >= 0.6 is 11.6 Å². The van der Waals surface area contributed by atoms with Crippen molar-refractivity contribution in [2.24, 2.45) is 11.1 Å². The Hall–Kier alpha value is -3.72. The second kappa shape index (κ2) is 7.95. The van der Waals surface area contributed by atoms with Gasteiger partial charge in [-0.15, -0.1) is 0 Å². The first-order valence-electron chi connectivity index (χ1n) is 10.7. The molecule has 8 nitrogen and oxygen atoms in total. The standard InChI is InChI=1S/C24H21ClFN5O3/c1-12(28-23(33)24(9-10-24)22(27)32)15-8-7-14(11-17(15)26)31-18-6-4-3-5-16(18)19(25)20(31)21-29-13(2)34-30-21/h3-8,11-12H,9-10H2,1-2H3,(H2,27,32)(H,28,33)/t12-/m1/s1. The number of carbonyl (C=O) groups is 2. The SMILES string of the molecule is Cc1nc(-c2c(Cl)c3ccccc3n2-c2ccc([C@@H](C)NC(=O)C3(C(N)=O)CC3)c(F)c2)no1. The van der Waals surface area contributed by atoms with Gasteiger partial charge in [-0.25, -0.2) is 4.39 Å². The molecule has 0 spiro atoms. The number of nitrogens with one attached hydrogen (secondary N) is 1. The first kappa shape index (κ1) is 22.1. The lowest BCUT2D eigenvalue weighted by Gasteiger charge is -2.19. The number of carbonyl (C=O) groups excluding carboxylic acids is 2. The summed E-state index contributed by atoms with van der Waals surface area (Å²) in [4.78, 5) is 28.5. The van der Waals surface area contributed by atoms with E-state index in [1.165, 1.54) is 6.07 Å². The summed E-state index contributed by atoms with van der Waals surface area (Å²) < 4.78 is 22.2. The fourth-order valence-electron chi connectivity index (χ4n) is 4.19. The van der Waals surface area contributed by atoms with Crippen molar-refractivity contribution in [3.63, 3.8) is 0 Å². The number of aromatic nitrogens is 3. The number of hydrogen-bond acceptors (Lipinski definition) is 5. The van der Waals surface area contributed by atoms with Crippen molar-refractivity contribution in [2.75, 3.05) is 0 Å². The largest absolute Gasteiger partial charge is 0.369 e. The van der Waals surface area contributed by atoms with Gasteiger partial charge in [-0.1, -0.05) is 41.0 Å². The summed E-state index contributed by atoms with van der Waals surface area (Å²) in [5.74, 6) is -1.01. The molecule has 5 rings (SSSR count). The van der Waals surface area contributed by atoms with Crippen molar-refractivity contribution >= 4 is 34.3 Å². The molecular formula is C24H21ClFN5O3. The van der Waals surface area contributed by atoms with Gasteiger partial charge in [-0.05, 0) is 38.0 Å². The molecule has 34 heavy (non-hydrogen) atoms. The number of rotatable bonds is 6. The van der Waals surface area contributed by atoms with Crippen LogP contribution in [0.3, 0.4) is 0 Å². The van der Waals surface area contributed by atoms with Crippen LogP contribution in [-0.2, 0) is 9.59 Å². The van der Waals surface area contributed by atoms with Crippen molar-refractivity contribution in [3.05, 3.63) is 64.8 Å². The van der Waals surface area contributed by atoms with Gasteiger partial charge in [0.1, 0.15) is 16.9 Å². The zero-order chi connectivity index (χ0) is 24.2. The lowest BCUT2D eigenvalue weighted by Crippen LogP contribution is -2.41. The van der Waals surface area contributed by atoms with Gasteiger partial charge in [0.2, 0.25) is 23.5 Å². The van der Waals surface area contributed by atoms with E-state index in [1.54, 1.807) is 30.5 Å². The number of aryl methyl sites for hydroxylation is 1. The van der Waals surface area contributed by atoms with Crippen LogP contribution in [0.1, 0.15) is 37.3 Å². The predicted molar refractivity (Wildman–Crippen MR) is 124 cm³/mol. The van der Waals surface area contributed by atoms with E-state index in [-0.39, 0.29) is 11.4 Å². The summed E-state index contributed by atoms with van der Waals surface area (Å²) in [6.07, 6.45) is 0.810. The summed E-state index contributed by atoms with van der Waals surface area (Å²) in [6, 6.07) is 11.5. The number of hydrogen-bond donors (Lipinski definition) is 2. The maximum atomic E-state index is 15.3. The molecule has 10 heteroatoms. The number of amides is 2. The van der Waals surface area contributed by atoms with Crippen molar-refractivity contribution in [1.29, 1.82) is 0 Å². The monoisotopic (exact) mass is 481 g/mol. The molecule has 1 atom stereocenters. The van der Waals surface area contributed by atoms with Crippen molar-refractivity contribution in [1.82, 2.24) is 20.0 Å². The van der Waals surface area contributed by atoms with E-state index in [1.807, 2.05) is 24.3 Å². The molecule has 2 aromatic heterocycles. The van der Waals surface area contributed by atoms with Crippen molar-refractivity contribution in [3.8, 4) is 17.2 Å². The third kappa shape index (κ3) is 3.43. The summed E-state index contributed by atoms with van der Waals surface area (Å²) in [7, 11) is 0. The van der Waals surface area contributed by atoms with Crippen LogP contribution in [0.4, 0.5) is 4.39 Å². The highest BCUT2D eigenvalue weighted by molar-refractivity contribution is 6.38. The number of para-hydroxylation sites is 1. The molecule has 0 saturated heterocycles. The van der Waals surface area contributed by atoms with Gasteiger partial charge in [0.25, 0.3) is 0 Å². The number of benzene rings is 2. The average Bonchev–Trinajstić information content (AvgIpc) is 3.45. The Balaban J connectivity index is 1.55. The van der Waals surface area contributed by atoms with Crippen LogP contribution in [0.25, 0.3) is 28.1 Å². The van der Waals surface area contributed by atoms with E-state index in [2.05, 4.69) is 15.5 Å². The second-order valence-electron chi connectivity index (χ2n) is 8.50. The van der Waals surface area contributed by atoms with Crippen molar-refractivity contribution in [2.45, 2.75) is 32.7 Å². The number of nitrogens with zero attached hydrogens (tertiary/aromatic N) is 3. The van der Waals surface area contributed by atoms with Gasteiger partial charge >= 0.3 is 0 Å². The smallest absolute Gasteiger partial charge is 0.236 e. The molecule has 174 valence electrons. The lowest BCUT2D eigenvalue weighted by atomic mass is 10.0. The quantitative estimate of drug-likeness (QED) is 0.400. The number of halogens is 2. The highest BCUT2D eigenvalue weighted by atomic mass is 35.5. The predicted octanol–water partition coefficient (Wildman–Crippen LogP) is 4.22. The minimum absolute atomic E-state index is 0.275. The second-order valence-corrected chi connectivity index (χ2v) is 8.88. The van der Waals surface area contributed by atoms with E-state index in [0.29, 0.717) is 35.1 Å². The fraction of sp³-hybridized carbons (Fsp3) is 0.250. The van der Waals surface area contributed by atoms with E-state index >= 15 is 4.39 Å². The minimum atomic E-state index is -1.18.